The molecule has 0 unspecified atom stereocenters. The summed E-state index contributed by atoms with van der Waals surface area (Å²) in [6.45, 7) is 7.27. The van der Waals surface area contributed by atoms with Crippen molar-refractivity contribution >= 4 is 28.1 Å². The number of nitrogens with two attached hydrogens (primary N) is 1. The molecule has 0 bridgehead atoms. The van der Waals surface area contributed by atoms with Crippen LogP contribution in [0.3, 0.4) is 0 Å². The Morgan fingerprint density at radius 1 is 1.38 bits per heavy atom. The van der Waals surface area contributed by atoms with Crippen molar-refractivity contribution < 1.29 is 9.53 Å². The quantitative estimate of drug-likeness (QED) is 0.887. The lowest BCUT2D eigenvalue weighted by molar-refractivity contribution is 0.0636. The van der Waals surface area contributed by atoms with Crippen LogP contribution in [0.5, 0.6) is 0 Å². The Kier molecular flexibility index (Phi) is 4.13. The minimum absolute atomic E-state index is 0.494. The number of aryl methyl sites for hydroxylation is 1. The summed E-state index contributed by atoms with van der Waals surface area (Å²) in [5.41, 5.74) is 7.29. The summed E-state index contributed by atoms with van der Waals surface area (Å²) in [5.74, 6) is 0. The van der Waals surface area contributed by atoms with Crippen molar-refractivity contribution in [2.24, 2.45) is 0 Å². The lowest BCUT2D eigenvalue weighted by Crippen LogP contribution is -2.27. The van der Waals surface area contributed by atoms with Crippen LogP contribution in [-0.2, 0) is 4.74 Å². The highest BCUT2D eigenvalue weighted by Gasteiger charge is 2.18. The standard InChI is InChI=1S/C14H18N4O2S/c1-8-11(18-13(19)20-14(2,3)4)21-12(17-8)9-5-10(15)7-16-6-9/h5-7H,15H2,1-4H3,(H,18,19). The molecule has 0 saturated heterocycles. The van der Waals surface area contributed by atoms with E-state index < -0.39 is 11.7 Å². The van der Waals surface area contributed by atoms with Gasteiger partial charge >= 0.3 is 6.09 Å². The number of amides is 1. The smallest absolute Gasteiger partial charge is 0.412 e. The number of hydrogen-bond acceptors (Lipinski definition) is 6. The Morgan fingerprint density at radius 2 is 2.10 bits per heavy atom. The van der Waals surface area contributed by atoms with Gasteiger partial charge in [0.15, 0.2) is 0 Å². The molecule has 6 nitrogen and oxygen atoms in total. The van der Waals surface area contributed by atoms with Gasteiger partial charge in [0.2, 0.25) is 0 Å². The number of pyridine rings is 1. The number of thiazole rings is 1. The molecular formula is C14H18N4O2S. The molecule has 3 N–H and O–H groups in total. The fourth-order valence-corrected chi connectivity index (χ4v) is 2.54. The normalized spacial score (nSPS) is 11.2. The molecule has 0 radical (unpaired) electrons. The monoisotopic (exact) mass is 306 g/mol. The first-order valence-corrected chi connectivity index (χ1v) is 7.24. The lowest BCUT2D eigenvalue weighted by Gasteiger charge is -2.19. The Labute approximate surface area is 127 Å². The van der Waals surface area contributed by atoms with Crippen LogP contribution in [0.1, 0.15) is 26.5 Å². The highest BCUT2D eigenvalue weighted by atomic mass is 32.1. The number of hydrogen-bond donors (Lipinski definition) is 2. The van der Waals surface area contributed by atoms with E-state index in [1.807, 2.05) is 27.7 Å². The van der Waals surface area contributed by atoms with Gasteiger partial charge in [-0.1, -0.05) is 11.3 Å². The van der Waals surface area contributed by atoms with Crippen molar-refractivity contribution in [3.63, 3.8) is 0 Å². The third-order valence-electron chi connectivity index (χ3n) is 2.42. The molecule has 0 saturated carbocycles. The van der Waals surface area contributed by atoms with Crippen molar-refractivity contribution in [1.29, 1.82) is 0 Å². The molecule has 2 rings (SSSR count). The molecule has 0 aliphatic rings. The van der Waals surface area contributed by atoms with Crippen molar-refractivity contribution in [2.45, 2.75) is 33.3 Å². The summed E-state index contributed by atoms with van der Waals surface area (Å²) in [6.07, 6.45) is 2.77. The Morgan fingerprint density at radius 3 is 2.71 bits per heavy atom. The van der Waals surface area contributed by atoms with Gasteiger partial charge < -0.3 is 10.5 Å². The third-order valence-corrected chi connectivity index (χ3v) is 3.54. The summed E-state index contributed by atoms with van der Waals surface area (Å²) in [5, 5.41) is 4.12. The van der Waals surface area contributed by atoms with Gasteiger partial charge in [-0.05, 0) is 33.8 Å². The minimum atomic E-state index is -0.538. The van der Waals surface area contributed by atoms with E-state index in [0.717, 1.165) is 16.3 Å². The first-order valence-electron chi connectivity index (χ1n) is 6.43. The van der Waals surface area contributed by atoms with Crippen LogP contribution in [0.4, 0.5) is 15.5 Å². The Balaban J connectivity index is 2.18. The van der Waals surface area contributed by atoms with Crippen LogP contribution in [0.15, 0.2) is 18.5 Å². The van der Waals surface area contributed by atoms with Gasteiger partial charge in [0, 0.05) is 18.0 Å². The number of nitrogens with zero attached hydrogens (tertiary/aromatic N) is 2. The average Bonchev–Trinajstić information content (AvgIpc) is 2.68. The molecular weight excluding hydrogens is 288 g/mol. The van der Waals surface area contributed by atoms with Gasteiger partial charge in [0.25, 0.3) is 0 Å². The lowest BCUT2D eigenvalue weighted by atomic mass is 10.2. The SMILES string of the molecule is Cc1nc(-c2cncc(N)c2)sc1NC(=O)OC(C)(C)C. The molecule has 2 aromatic rings. The van der Waals surface area contributed by atoms with Gasteiger partial charge in [-0.25, -0.2) is 9.78 Å². The van der Waals surface area contributed by atoms with Crippen LogP contribution in [0.2, 0.25) is 0 Å². The molecule has 1 amide bonds. The number of nitrogen functional groups attached to an aromatic ring is 1. The summed E-state index contributed by atoms with van der Waals surface area (Å²) in [4.78, 5) is 20.3. The number of ether oxygens (including phenoxy) is 1. The zero-order chi connectivity index (χ0) is 15.6. The Hall–Kier alpha value is -2.15. The second-order valence-corrected chi connectivity index (χ2v) is 6.57. The fourth-order valence-electron chi connectivity index (χ4n) is 1.61. The van der Waals surface area contributed by atoms with E-state index in [2.05, 4.69) is 15.3 Å². The highest BCUT2D eigenvalue weighted by Crippen LogP contribution is 2.32. The van der Waals surface area contributed by atoms with Gasteiger partial charge in [-0.3, -0.25) is 10.3 Å². The summed E-state index contributed by atoms with van der Waals surface area (Å²) >= 11 is 1.36. The Bertz CT molecular complexity index is 661. The molecule has 7 heteroatoms. The zero-order valence-corrected chi connectivity index (χ0v) is 13.2. The van der Waals surface area contributed by atoms with E-state index in [4.69, 9.17) is 10.5 Å². The van der Waals surface area contributed by atoms with Gasteiger partial charge in [-0.15, -0.1) is 0 Å². The van der Waals surface area contributed by atoms with Crippen LogP contribution in [-0.4, -0.2) is 21.7 Å². The molecule has 0 atom stereocenters. The maximum atomic E-state index is 11.8. The van der Waals surface area contributed by atoms with Crippen LogP contribution >= 0.6 is 11.3 Å². The first-order chi connectivity index (χ1) is 9.74. The summed E-state index contributed by atoms with van der Waals surface area (Å²) in [6, 6.07) is 1.79. The van der Waals surface area contributed by atoms with E-state index >= 15 is 0 Å². The second kappa shape index (κ2) is 5.69. The number of aromatic nitrogens is 2. The molecule has 0 aliphatic heterocycles. The number of anilines is 2. The fraction of sp³-hybridized carbons (Fsp3) is 0.357. The maximum Gasteiger partial charge on any atom is 0.412 e. The minimum Gasteiger partial charge on any atom is -0.444 e. The molecule has 0 spiro atoms. The predicted molar refractivity (Wildman–Crippen MR) is 84.4 cm³/mol. The molecule has 2 aromatic heterocycles. The molecule has 0 fully saturated rings. The molecule has 21 heavy (non-hydrogen) atoms. The topological polar surface area (TPSA) is 90.1 Å². The largest absolute Gasteiger partial charge is 0.444 e. The molecule has 2 heterocycles. The van der Waals surface area contributed by atoms with Crippen molar-refractivity contribution in [1.82, 2.24) is 9.97 Å². The van der Waals surface area contributed by atoms with E-state index in [1.165, 1.54) is 11.3 Å². The van der Waals surface area contributed by atoms with E-state index in [0.29, 0.717) is 10.7 Å². The van der Waals surface area contributed by atoms with Gasteiger partial charge in [-0.2, -0.15) is 0 Å². The van der Waals surface area contributed by atoms with Crippen molar-refractivity contribution in [3.05, 3.63) is 24.2 Å². The third kappa shape index (κ3) is 4.16. The maximum absolute atomic E-state index is 11.8. The molecule has 0 aliphatic carbocycles. The van der Waals surface area contributed by atoms with Gasteiger partial charge in [0.1, 0.15) is 15.6 Å². The van der Waals surface area contributed by atoms with Crippen molar-refractivity contribution in [3.8, 4) is 10.6 Å². The van der Waals surface area contributed by atoms with Crippen LogP contribution in [0.25, 0.3) is 10.6 Å². The number of carbonyl (C=O) groups excluding carboxylic acids is 1. The predicted octanol–water partition coefficient (Wildman–Crippen LogP) is 3.44. The molecule has 0 aromatic carbocycles. The van der Waals surface area contributed by atoms with Crippen molar-refractivity contribution in [2.75, 3.05) is 11.1 Å². The summed E-state index contributed by atoms with van der Waals surface area (Å²) < 4.78 is 5.23. The zero-order valence-electron chi connectivity index (χ0n) is 12.4. The van der Waals surface area contributed by atoms with Crippen LogP contribution < -0.4 is 11.1 Å². The van der Waals surface area contributed by atoms with Gasteiger partial charge in [0.05, 0.1) is 11.4 Å². The van der Waals surface area contributed by atoms with E-state index in [9.17, 15) is 4.79 Å². The van der Waals surface area contributed by atoms with E-state index in [1.54, 1.807) is 18.5 Å². The number of carbonyl (C=O) groups is 1. The number of nitrogens with one attached hydrogen (secondary N) is 1. The number of rotatable bonds is 2. The van der Waals surface area contributed by atoms with E-state index in [-0.39, 0.29) is 0 Å². The molecule has 112 valence electrons. The summed E-state index contributed by atoms with van der Waals surface area (Å²) in [7, 11) is 0. The van der Waals surface area contributed by atoms with Crippen LogP contribution in [0, 0.1) is 6.92 Å². The second-order valence-electron chi connectivity index (χ2n) is 5.57. The first kappa shape index (κ1) is 15.2. The average molecular weight is 306 g/mol. The highest BCUT2D eigenvalue weighted by molar-refractivity contribution is 7.19.